The summed E-state index contributed by atoms with van der Waals surface area (Å²) >= 11 is 5.32. The smallest absolute Gasteiger partial charge is 0.289 e. The van der Waals surface area contributed by atoms with Crippen LogP contribution in [-0.2, 0) is 11.2 Å². The number of hydrogen-bond donors (Lipinski definition) is 0. The quantitative estimate of drug-likeness (QED) is 0.726. The molecule has 0 atom stereocenters. The Balaban J connectivity index is 2.83. The van der Waals surface area contributed by atoms with Gasteiger partial charge in [-0.15, -0.1) is 0 Å². The fraction of sp³-hybridized carbons (Fsp3) is 0.222. The number of benzene rings is 1. The second-order valence-electron chi connectivity index (χ2n) is 2.85. The van der Waals surface area contributed by atoms with Gasteiger partial charge in [0.25, 0.3) is 0 Å². The summed E-state index contributed by atoms with van der Waals surface area (Å²) in [6, 6.07) is 3.09. The number of carbonyl (C=O) groups excluding carboxylic acids is 1. The highest BCUT2D eigenvalue weighted by Gasteiger charge is 2.37. The molecule has 0 fully saturated rings. The number of Topliss-reactive ketones (excluding diaryl/α,β-unsaturated/α-hetero) is 1. The van der Waals surface area contributed by atoms with Crippen LogP contribution in [0.4, 0.5) is 17.6 Å². The summed E-state index contributed by atoms with van der Waals surface area (Å²) in [4.78, 5) is 10.5. The van der Waals surface area contributed by atoms with E-state index in [2.05, 4.69) is 0 Å². The van der Waals surface area contributed by atoms with Gasteiger partial charge in [0, 0.05) is 6.42 Å². The number of alkyl halides is 3. The van der Waals surface area contributed by atoms with Gasteiger partial charge in [0.15, 0.2) is 0 Å². The van der Waals surface area contributed by atoms with Crippen LogP contribution in [0.25, 0.3) is 0 Å². The maximum atomic E-state index is 12.8. The Morgan fingerprint density at radius 3 is 2.40 bits per heavy atom. The zero-order valence-electron chi connectivity index (χ0n) is 7.24. The summed E-state index contributed by atoms with van der Waals surface area (Å²) in [7, 11) is 0. The highest BCUT2D eigenvalue weighted by Crippen LogP contribution is 2.21. The van der Waals surface area contributed by atoms with Crippen molar-refractivity contribution in [2.45, 2.75) is 12.6 Å². The van der Waals surface area contributed by atoms with Crippen LogP contribution in [0, 0.1) is 5.82 Å². The van der Waals surface area contributed by atoms with E-state index in [1.807, 2.05) is 0 Å². The number of ketones is 1. The van der Waals surface area contributed by atoms with E-state index in [0.29, 0.717) is 0 Å². The number of carbonyl (C=O) groups is 1. The second kappa shape index (κ2) is 4.18. The fourth-order valence-corrected chi connectivity index (χ4v) is 1.05. The molecule has 0 spiro atoms. The monoisotopic (exact) mass is 240 g/mol. The lowest BCUT2D eigenvalue weighted by molar-refractivity contribution is -0.170. The maximum absolute atomic E-state index is 12.8. The minimum absolute atomic E-state index is 0.0563. The highest BCUT2D eigenvalue weighted by molar-refractivity contribution is 6.30. The Morgan fingerprint density at radius 2 is 1.93 bits per heavy atom. The maximum Gasteiger partial charge on any atom is 0.450 e. The van der Waals surface area contributed by atoms with Crippen LogP contribution < -0.4 is 0 Å². The van der Waals surface area contributed by atoms with Crippen LogP contribution >= 0.6 is 11.6 Å². The first-order chi connectivity index (χ1) is 6.80. The van der Waals surface area contributed by atoms with E-state index >= 15 is 0 Å². The van der Waals surface area contributed by atoms with Crippen molar-refractivity contribution < 1.29 is 22.4 Å². The van der Waals surface area contributed by atoms with E-state index in [1.165, 1.54) is 6.07 Å². The Labute approximate surface area is 87.7 Å². The summed E-state index contributed by atoms with van der Waals surface area (Å²) in [6.07, 6.45) is -5.77. The lowest BCUT2D eigenvalue weighted by Crippen LogP contribution is -2.24. The van der Waals surface area contributed by atoms with Gasteiger partial charge in [-0.05, 0) is 17.7 Å². The standard InChI is InChI=1S/C9H5ClF4O/c10-6-2-1-5(3-7(6)11)4-8(15)9(12,13)14/h1-3H,4H2. The van der Waals surface area contributed by atoms with Gasteiger partial charge in [-0.3, -0.25) is 4.79 Å². The molecule has 15 heavy (non-hydrogen) atoms. The molecule has 0 saturated carbocycles. The molecule has 0 aliphatic rings. The van der Waals surface area contributed by atoms with Gasteiger partial charge in [-0.1, -0.05) is 17.7 Å². The molecule has 1 aromatic carbocycles. The molecule has 0 bridgehead atoms. The molecule has 0 saturated heterocycles. The molecular weight excluding hydrogens is 236 g/mol. The molecule has 82 valence electrons. The van der Waals surface area contributed by atoms with Crippen LogP contribution in [0.2, 0.25) is 5.02 Å². The Bertz CT molecular complexity index is 386. The molecule has 1 rings (SSSR count). The third kappa shape index (κ3) is 3.20. The number of rotatable bonds is 2. The first kappa shape index (κ1) is 12.0. The van der Waals surface area contributed by atoms with Crippen LogP contribution in [-0.4, -0.2) is 12.0 Å². The zero-order valence-corrected chi connectivity index (χ0v) is 7.99. The fourth-order valence-electron chi connectivity index (χ4n) is 0.935. The van der Waals surface area contributed by atoms with Crippen molar-refractivity contribution in [1.29, 1.82) is 0 Å². The van der Waals surface area contributed by atoms with Crippen molar-refractivity contribution in [3.8, 4) is 0 Å². The zero-order chi connectivity index (χ0) is 11.6. The van der Waals surface area contributed by atoms with Gasteiger partial charge in [0.1, 0.15) is 5.82 Å². The summed E-state index contributed by atoms with van der Waals surface area (Å²) in [5.74, 6) is -2.76. The minimum Gasteiger partial charge on any atom is -0.289 e. The molecule has 0 amide bonds. The second-order valence-corrected chi connectivity index (χ2v) is 3.25. The predicted molar refractivity (Wildman–Crippen MR) is 46.2 cm³/mol. The Kier molecular flexibility index (Phi) is 3.34. The van der Waals surface area contributed by atoms with Crippen molar-refractivity contribution in [2.24, 2.45) is 0 Å². The van der Waals surface area contributed by atoms with Crippen molar-refractivity contribution >= 4 is 17.4 Å². The molecular formula is C9H5ClF4O. The van der Waals surface area contributed by atoms with E-state index in [1.54, 1.807) is 0 Å². The first-order valence-corrected chi connectivity index (χ1v) is 4.22. The molecule has 1 aromatic rings. The molecule has 0 radical (unpaired) electrons. The van der Waals surface area contributed by atoms with Gasteiger partial charge >= 0.3 is 6.18 Å². The molecule has 0 heterocycles. The van der Waals surface area contributed by atoms with Gasteiger partial charge < -0.3 is 0 Å². The predicted octanol–water partition coefficient (Wildman–Crippen LogP) is 3.15. The van der Waals surface area contributed by atoms with Crippen molar-refractivity contribution in [2.75, 3.05) is 0 Å². The van der Waals surface area contributed by atoms with Crippen molar-refractivity contribution in [3.63, 3.8) is 0 Å². The average molecular weight is 241 g/mol. The summed E-state index contributed by atoms with van der Waals surface area (Å²) < 4.78 is 48.3. The molecule has 6 heteroatoms. The highest BCUT2D eigenvalue weighted by atomic mass is 35.5. The topological polar surface area (TPSA) is 17.1 Å². The summed E-state index contributed by atoms with van der Waals surface area (Å²) in [6.45, 7) is 0. The Hall–Kier alpha value is -1.10. The summed E-state index contributed by atoms with van der Waals surface area (Å²) in [5.41, 5.74) is -0.0563. The molecule has 0 unspecified atom stereocenters. The Morgan fingerprint density at radius 1 is 1.33 bits per heavy atom. The lowest BCUT2D eigenvalue weighted by Gasteiger charge is -2.05. The number of hydrogen-bond acceptors (Lipinski definition) is 1. The van der Waals surface area contributed by atoms with Gasteiger partial charge in [0.05, 0.1) is 5.02 Å². The molecule has 0 aliphatic heterocycles. The first-order valence-electron chi connectivity index (χ1n) is 3.84. The normalized spacial score (nSPS) is 11.5. The third-order valence-corrected chi connectivity index (χ3v) is 1.97. The van der Waals surface area contributed by atoms with Crippen LogP contribution in [0.3, 0.4) is 0 Å². The van der Waals surface area contributed by atoms with E-state index < -0.39 is 24.2 Å². The number of halogens is 5. The van der Waals surface area contributed by atoms with Crippen molar-refractivity contribution in [1.82, 2.24) is 0 Å². The van der Waals surface area contributed by atoms with E-state index in [-0.39, 0.29) is 10.6 Å². The van der Waals surface area contributed by atoms with Crippen LogP contribution in [0.5, 0.6) is 0 Å². The van der Waals surface area contributed by atoms with Crippen LogP contribution in [0.15, 0.2) is 18.2 Å². The van der Waals surface area contributed by atoms with E-state index in [0.717, 1.165) is 12.1 Å². The molecule has 0 aromatic heterocycles. The largest absolute Gasteiger partial charge is 0.450 e. The van der Waals surface area contributed by atoms with Gasteiger partial charge in [-0.25, -0.2) is 4.39 Å². The summed E-state index contributed by atoms with van der Waals surface area (Å²) in [5, 5.41) is -0.196. The lowest BCUT2D eigenvalue weighted by atomic mass is 10.1. The van der Waals surface area contributed by atoms with Gasteiger partial charge in [-0.2, -0.15) is 13.2 Å². The van der Waals surface area contributed by atoms with Gasteiger partial charge in [0.2, 0.25) is 5.78 Å². The van der Waals surface area contributed by atoms with Crippen molar-refractivity contribution in [3.05, 3.63) is 34.6 Å². The molecule has 1 nitrogen and oxygen atoms in total. The van der Waals surface area contributed by atoms with Crippen LogP contribution in [0.1, 0.15) is 5.56 Å². The minimum atomic E-state index is -4.89. The van der Waals surface area contributed by atoms with E-state index in [4.69, 9.17) is 11.6 Å². The average Bonchev–Trinajstić information content (AvgIpc) is 2.10. The third-order valence-electron chi connectivity index (χ3n) is 1.66. The molecule has 0 aliphatic carbocycles. The van der Waals surface area contributed by atoms with E-state index in [9.17, 15) is 22.4 Å². The molecule has 0 N–H and O–H groups in total. The SMILES string of the molecule is O=C(Cc1ccc(Cl)c(F)c1)C(F)(F)F.